The molecule has 0 saturated carbocycles. The highest BCUT2D eigenvalue weighted by Crippen LogP contribution is 2.41. The van der Waals surface area contributed by atoms with Crippen LogP contribution < -0.4 is 5.73 Å². The van der Waals surface area contributed by atoms with E-state index in [1.165, 1.54) is 0 Å². The molecule has 0 amide bonds. The summed E-state index contributed by atoms with van der Waals surface area (Å²) in [4.78, 5) is 4.70. The van der Waals surface area contributed by atoms with Crippen LogP contribution in [-0.2, 0) is 7.05 Å². The fourth-order valence-corrected chi connectivity index (χ4v) is 3.35. The predicted octanol–water partition coefficient (Wildman–Crippen LogP) is 4.80. The Labute approximate surface area is 164 Å². The van der Waals surface area contributed by atoms with Crippen molar-refractivity contribution in [3.8, 4) is 34.2 Å². The van der Waals surface area contributed by atoms with Gasteiger partial charge in [-0.1, -0.05) is 30.3 Å². The number of rotatable bonds is 3. The molecule has 0 aliphatic rings. The van der Waals surface area contributed by atoms with Crippen molar-refractivity contribution in [3.63, 3.8) is 0 Å². The van der Waals surface area contributed by atoms with E-state index in [2.05, 4.69) is 10.2 Å². The minimum Gasteiger partial charge on any atom is -0.464 e. The van der Waals surface area contributed by atoms with Gasteiger partial charge >= 0.3 is 0 Å². The largest absolute Gasteiger partial charge is 0.464 e. The molecule has 8 heteroatoms. The van der Waals surface area contributed by atoms with Crippen LogP contribution >= 0.6 is 12.2 Å². The van der Waals surface area contributed by atoms with Crippen LogP contribution in [0.4, 0.5) is 5.69 Å². The van der Waals surface area contributed by atoms with Crippen LogP contribution in [-0.4, -0.2) is 19.7 Å². The molecule has 3 N–H and O–H groups in total. The van der Waals surface area contributed by atoms with Crippen LogP contribution in [0.3, 0.4) is 0 Å². The van der Waals surface area contributed by atoms with Gasteiger partial charge in [0, 0.05) is 18.2 Å². The Morgan fingerprint density at radius 3 is 2.64 bits per heavy atom. The minimum atomic E-state index is 0.411. The molecule has 0 saturated heterocycles. The fourth-order valence-electron chi connectivity index (χ4n) is 3.22. The second-order valence-corrected chi connectivity index (χ2v) is 6.72. The van der Waals surface area contributed by atoms with Crippen molar-refractivity contribution in [2.45, 2.75) is 0 Å². The third-order valence-corrected chi connectivity index (χ3v) is 5.00. The van der Waals surface area contributed by atoms with Gasteiger partial charge in [-0.15, -0.1) is 0 Å². The lowest BCUT2D eigenvalue weighted by atomic mass is 10.0. The van der Waals surface area contributed by atoms with E-state index in [1.54, 1.807) is 17.9 Å². The van der Waals surface area contributed by atoms with Gasteiger partial charge in [0.25, 0.3) is 0 Å². The number of benzene rings is 1. The van der Waals surface area contributed by atoms with Gasteiger partial charge in [0.1, 0.15) is 5.76 Å². The third kappa shape index (κ3) is 2.46. The van der Waals surface area contributed by atoms with Gasteiger partial charge < -0.3 is 19.1 Å². The van der Waals surface area contributed by atoms with E-state index in [9.17, 15) is 0 Å². The summed E-state index contributed by atoms with van der Waals surface area (Å²) in [6.45, 7) is 0. The molecule has 7 nitrogen and oxygen atoms in total. The maximum Gasteiger partial charge on any atom is 0.230 e. The monoisotopic (exact) mass is 389 g/mol. The van der Waals surface area contributed by atoms with Crippen LogP contribution in [0.25, 0.3) is 45.3 Å². The smallest absolute Gasteiger partial charge is 0.230 e. The Bertz CT molecular complexity index is 1350. The zero-order chi connectivity index (χ0) is 19.3. The predicted molar refractivity (Wildman–Crippen MR) is 109 cm³/mol. The minimum absolute atomic E-state index is 0.411. The molecule has 0 atom stereocenters. The number of furan rings is 2. The van der Waals surface area contributed by atoms with Crippen LogP contribution in [0.15, 0.2) is 63.6 Å². The van der Waals surface area contributed by atoms with Gasteiger partial charge in [0.05, 0.1) is 23.0 Å². The van der Waals surface area contributed by atoms with E-state index in [4.69, 9.17) is 31.8 Å². The van der Waals surface area contributed by atoms with E-state index >= 15 is 0 Å². The van der Waals surface area contributed by atoms with E-state index in [-0.39, 0.29) is 0 Å². The molecule has 138 valence electrons. The van der Waals surface area contributed by atoms with E-state index in [0.29, 0.717) is 38.9 Å². The van der Waals surface area contributed by atoms with E-state index < -0.39 is 0 Å². The second-order valence-electron chi connectivity index (χ2n) is 6.33. The van der Waals surface area contributed by atoms with Crippen LogP contribution in [0.2, 0.25) is 0 Å². The number of H-pyrrole nitrogens is 1. The van der Waals surface area contributed by atoms with Gasteiger partial charge in [0.2, 0.25) is 5.71 Å². The SMILES string of the molecule is Cn1c(-c2oc3nc(-c4ccccc4)cc(-c4ccco4)c3c2N)n[nH]c1=S. The van der Waals surface area contributed by atoms with Gasteiger partial charge in [-0.2, -0.15) is 5.10 Å². The Morgan fingerprint density at radius 1 is 1.14 bits per heavy atom. The highest BCUT2D eigenvalue weighted by atomic mass is 32.1. The number of nitrogens with zero attached hydrogens (tertiary/aromatic N) is 3. The van der Waals surface area contributed by atoms with Crippen LogP contribution in [0.1, 0.15) is 0 Å². The van der Waals surface area contributed by atoms with Gasteiger partial charge in [-0.25, -0.2) is 4.98 Å². The molecule has 4 heterocycles. The number of hydrogen-bond donors (Lipinski definition) is 2. The molecule has 0 spiro atoms. The van der Waals surface area contributed by atoms with Gasteiger partial charge in [-0.05, 0) is 30.4 Å². The zero-order valence-corrected chi connectivity index (χ0v) is 15.7. The van der Waals surface area contributed by atoms with Crippen molar-refractivity contribution in [1.29, 1.82) is 0 Å². The topological polar surface area (TPSA) is 98.8 Å². The number of hydrogen-bond acceptors (Lipinski definition) is 6. The first-order valence-corrected chi connectivity index (χ1v) is 8.98. The molecule has 0 bridgehead atoms. The molecule has 5 rings (SSSR count). The van der Waals surface area contributed by atoms with Crippen molar-refractivity contribution in [1.82, 2.24) is 19.7 Å². The van der Waals surface area contributed by atoms with Crippen LogP contribution in [0, 0.1) is 4.77 Å². The quantitative estimate of drug-likeness (QED) is 0.430. The molecule has 1 aromatic carbocycles. The number of aromatic amines is 1. The molecule has 0 aliphatic heterocycles. The third-order valence-electron chi connectivity index (χ3n) is 4.64. The van der Waals surface area contributed by atoms with Crippen LogP contribution in [0.5, 0.6) is 0 Å². The van der Waals surface area contributed by atoms with E-state index in [1.807, 2.05) is 48.5 Å². The summed E-state index contributed by atoms with van der Waals surface area (Å²) < 4.78 is 13.9. The summed E-state index contributed by atoms with van der Waals surface area (Å²) in [5.41, 5.74) is 9.84. The molecule has 0 radical (unpaired) electrons. The van der Waals surface area contributed by atoms with E-state index in [0.717, 1.165) is 16.8 Å². The summed E-state index contributed by atoms with van der Waals surface area (Å²) in [6, 6.07) is 15.5. The normalized spacial score (nSPS) is 11.3. The summed E-state index contributed by atoms with van der Waals surface area (Å²) in [7, 11) is 1.80. The first-order chi connectivity index (χ1) is 13.6. The Kier molecular flexibility index (Phi) is 3.66. The summed E-state index contributed by atoms with van der Waals surface area (Å²) in [5.74, 6) is 1.60. The number of nitrogens with two attached hydrogens (primary N) is 1. The highest BCUT2D eigenvalue weighted by Gasteiger charge is 2.23. The van der Waals surface area contributed by atoms with Gasteiger partial charge in [-0.3, -0.25) is 5.10 Å². The standard InChI is InChI=1S/C20H15N5O2S/c1-25-18(23-24-20(25)28)17-16(21)15-12(14-8-5-9-26-14)10-13(22-19(15)27-17)11-6-3-2-4-7-11/h2-10H,21H2,1H3,(H,24,28). The molecule has 4 aromatic heterocycles. The Morgan fingerprint density at radius 2 is 1.96 bits per heavy atom. The lowest BCUT2D eigenvalue weighted by Crippen LogP contribution is -1.95. The maximum atomic E-state index is 6.47. The summed E-state index contributed by atoms with van der Waals surface area (Å²) >= 11 is 5.21. The average molecular weight is 389 g/mol. The van der Waals surface area contributed by atoms with Crippen molar-refractivity contribution >= 4 is 29.0 Å². The van der Waals surface area contributed by atoms with Crippen molar-refractivity contribution in [2.75, 3.05) is 5.73 Å². The highest BCUT2D eigenvalue weighted by molar-refractivity contribution is 7.71. The maximum absolute atomic E-state index is 6.47. The second kappa shape index (κ2) is 6.21. The number of fused-ring (bicyclic) bond motifs is 1. The molecule has 0 fully saturated rings. The Balaban J connectivity index is 1.84. The van der Waals surface area contributed by atoms with Gasteiger partial charge in [0.15, 0.2) is 16.4 Å². The lowest BCUT2D eigenvalue weighted by Gasteiger charge is -2.05. The Hall–Kier alpha value is -3.65. The van der Waals surface area contributed by atoms with Crippen molar-refractivity contribution in [2.24, 2.45) is 7.05 Å². The fraction of sp³-hybridized carbons (Fsp3) is 0.0500. The molecule has 0 unspecified atom stereocenters. The number of anilines is 1. The zero-order valence-electron chi connectivity index (χ0n) is 14.8. The molecular weight excluding hydrogens is 374 g/mol. The summed E-state index contributed by atoms with van der Waals surface area (Å²) in [6.07, 6.45) is 1.62. The molecule has 28 heavy (non-hydrogen) atoms. The first-order valence-electron chi connectivity index (χ1n) is 8.57. The number of pyridine rings is 1. The van der Waals surface area contributed by atoms with Crippen molar-refractivity contribution < 1.29 is 8.83 Å². The van der Waals surface area contributed by atoms with Crippen molar-refractivity contribution in [3.05, 3.63) is 59.6 Å². The number of nitrogens with one attached hydrogen (secondary N) is 1. The number of nitrogen functional groups attached to an aromatic ring is 1. The summed E-state index contributed by atoms with van der Waals surface area (Å²) in [5, 5.41) is 7.66. The molecule has 5 aromatic rings. The molecular formula is C20H15N5O2S. The first kappa shape index (κ1) is 16.5. The average Bonchev–Trinajstić information content (AvgIpc) is 3.44. The number of aromatic nitrogens is 4. The lowest BCUT2D eigenvalue weighted by molar-refractivity contribution is 0.582. The molecule has 0 aliphatic carbocycles.